The van der Waals surface area contributed by atoms with Crippen LogP contribution in [-0.2, 0) is 6.54 Å². The van der Waals surface area contributed by atoms with E-state index in [2.05, 4.69) is 24.0 Å². The Kier molecular flexibility index (Phi) is 4.04. The molecule has 4 nitrogen and oxygen atoms in total. The van der Waals surface area contributed by atoms with Crippen LogP contribution in [0.4, 0.5) is 0 Å². The summed E-state index contributed by atoms with van der Waals surface area (Å²) < 4.78 is 8.05. The Hall–Kier alpha value is -1.62. The lowest BCUT2D eigenvalue weighted by Gasteiger charge is -2.11. The van der Waals surface area contributed by atoms with Crippen LogP contribution in [0.15, 0.2) is 18.2 Å². The zero-order chi connectivity index (χ0) is 14.0. The first-order valence-corrected chi connectivity index (χ1v) is 6.74. The Balaban J connectivity index is 2.50. The van der Waals surface area contributed by atoms with E-state index >= 15 is 0 Å². The molecular formula is C14H19N3OS. The Morgan fingerprint density at radius 2 is 2.16 bits per heavy atom. The SMILES string of the molecule is COc1cc(-c2n[nH]c(=S)n2CC(C)C)ccc1C. The molecule has 2 aromatic rings. The van der Waals surface area contributed by atoms with Gasteiger partial charge >= 0.3 is 0 Å². The summed E-state index contributed by atoms with van der Waals surface area (Å²) in [5.74, 6) is 2.23. The predicted octanol–water partition coefficient (Wildman–Crippen LogP) is 3.58. The molecule has 0 amide bonds. The van der Waals surface area contributed by atoms with E-state index in [0.29, 0.717) is 10.7 Å². The average Bonchev–Trinajstić information content (AvgIpc) is 2.71. The Morgan fingerprint density at radius 3 is 2.79 bits per heavy atom. The lowest BCUT2D eigenvalue weighted by Crippen LogP contribution is -2.06. The number of nitrogens with one attached hydrogen (secondary N) is 1. The van der Waals surface area contributed by atoms with Crippen molar-refractivity contribution in [2.75, 3.05) is 7.11 Å². The molecule has 0 unspecified atom stereocenters. The molecule has 1 aromatic carbocycles. The molecule has 0 saturated heterocycles. The molecule has 1 N–H and O–H groups in total. The molecule has 0 aliphatic carbocycles. The molecule has 102 valence electrons. The summed E-state index contributed by atoms with van der Waals surface area (Å²) >= 11 is 5.29. The van der Waals surface area contributed by atoms with E-state index in [9.17, 15) is 0 Å². The molecular weight excluding hydrogens is 258 g/mol. The third-order valence-electron chi connectivity index (χ3n) is 2.97. The second kappa shape index (κ2) is 5.57. The molecule has 2 rings (SSSR count). The molecule has 19 heavy (non-hydrogen) atoms. The van der Waals surface area contributed by atoms with Crippen molar-refractivity contribution in [2.45, 2.75) is 27.3 Å². The molecule has 0 aliphatic heterocycles. The molecule has 1 aromatic heterocycles. The highest BCUT2D eigenvalue weighted by atomic mass is 32.1. The number of methoxy groups -OCH3 is 1. The van der Waals surface area contributed by atoms with Crippen LogP contribution in [0.2, 0.25) is 0 Å². The number of H-pyrrole nitrogens is 1. The first kappa shape index (κ1) is 13.8. The highest BCUT2D eigenvalue weighted by molar-refractivity contribution is 7.71. The molecule has 0 aliphatic rings. The van der Waals surface area contributed by atoms with Crippen LogP contribution in [0.1, 0.15) is 19.4 Å². The highest BCUT2D eigenvalue weighted by Crippen LogP contribution is 2.26. The van der Waals surface area contributed by atoms with Crippen molar-refractivity contribution in [1.82, 2.24) is 14.8 Å². The van der Waals surface area contributed by atoms with Gasteiger partial charge in [0.15, 0.2) is 10.6 Å². The number of ether oxygens (including phenoxy) is 1. The van der Waals surface area contributed by atoms with Crippen LogP contribution in [0, 0.1) is 17.6 Å². The number of aromatic amines is 1. The van der Waals surface area contributed by atoms with Gasteiger partial charge in [0.2, 0.25) is 0 Å². The standard InChI is InChI=1S/C14H19N3OS/c1-9(2)8-17-13(15-16-14(17)19)11-6-5-10(3)12(7-11)18-4/h5-7,9H,8H2,1-4H3,(H,16,19). The van der Waals surface area contributed by atoms with Crippen molar-refractivity contribution in [1.29, 1.82) is 0 Å². The van der Waals surface area contributed by atoms with Gasteiger partial charge in [-0.05, 0) is 36.7 Å². The predicted molar refractivity (Wildman–Crippen MR) is 79.0 cm³/mol. The van der Waals surface area contributed by atoms with Crippen molar-refractivity contribution in [2.24, 2.45) is 5.92 Å². The third kappa shape index (κ3) is 2.87. The molecule has 0 bridgehead atoms. The minimum atomic E-state index is 0.510. The van der Waals surface area contributed by atoms with E-state index in [4.69, 9.17) is 17.0 Å². The molecule has 5 heteroatoms. The van der Waals surface area contributed by atoms with E-state index < -0.39 is 0 Å². The largest absolute Gasteiger partial charge is 0.496 e. The minimum absolute atomic E-state index is 0.510. The van der Waals surface area contributed by atoms with Crippen molar-refractivity contribution in [3.63, 3.8) is 0 Å². The van der Waals surface area contributed by atoms with Gasteiger partial charge in [-0.2, -0.15) is 5.10 Å². The summed E-state index contributed by atoms with van der Waals surface area (Å²) in [6.07, 6.45) is 0. The lowest BCUT2D eigenvalue weighted by atomic mass is 10.1. The van der Waals surface area contributed by atoms with Crippen LogP contribution < -0.4 is 4.74 Å². The average molecular weight is 277 g/mol. The zero-order valence-electron chi connectivity index (χ0n) is 11.7. The Labute approximate surface area is 118 Å². The lowest BCUT2D eigenvalue weighted by molar-refractivity contribution is 0.412. The second-order valence-corrected chi connectivity index (χ2v) is 5.43. The molecule has 0 spiro atoms. The number of aryl methyl sites for hydroxylation is 1. The van der Waals surface area contributed by atoms with Crippen LogP contribution in [-0.4, -0.2) is 21.9 Å². The van der Waals surface area contributed by atoms with Gasteiger partial charge < -0.3 is 4.74 Å². The van der Waals surface area contributed by atoms with Gasteiger partial charge in [0, 0.05) is 12.1 Å². The van der Waals surface area contributed by atoms with Crippen LogP contribution in [0.5, 0.6) is 5.75 Å². The van der Waals surface area contributed by atoms with Crippen LogP contribution in [0.25, 0.3) is 11.4 Å². The number of hydrogen-bond donors (Lipinski definition) is 1. The van der Waals surface area contributed by atoms with Crippen molar-refractivity contribution in [3.8, 4) is 17.1 Å². The maximum Gasteiger partial charge on any atom is 0.195 e. The third-order valence-corrected chi connectivity index (χ3v) is 3.28. The fourth-order valence-corrected chi connectivity index (χ4v) is 2.24. The highest BCUT2D eigenvalue weighted by Gasteiger charge is 2.11. The number of aromatic nitrogens is 3. The fourth-order valence-electron chi connectivity index (χ4n) is 2.03. The van der Waals surface area contributed by atoms with Gasteiger partial charge in [-0.25, -0.2) is 0 Å². The van der Waals surface area contributed by atoms with Gasteiger partial charge in [0.25, 0.3) is 0 Å². The Bertz CT molecular complexity index is 628. The monoisotopic (exact) mass is 277 g/mol. The van der Waals surface area contributed by atoms with Crippen LogP contribution in [0.3, 0.4) is 0 Å². The topological polar surface area (TPSA) is 42.8 Å². The number of nitrogens with zero attached hydrogens (tertiary/aromatic N) is 2. The minimum Gasteiger partial charge on any atom is -0.496 e. The number of rotatable bonds is 4. The van der Waals surface area contributed by atoms with Gasteiger partial charge in [0.05, 0.1) is 7.11 Å². The molecule has 1 heterocycles. The first-order valence-electron chi connectivity index (χ1n) is 6.33. The summed E-state index contributed by atoms with van der Waals surface area (Å²) in [5.41, 5.74) is 2.12. The maximum absolute atomic E-state index is 5.36. The number of hydrogen-bond acceptors (Lipinski definition) is 3. The van der Waals surface area contributed by atoms with Crippen molar-refractivity contribution in [3.05, 3.63) is 28.5 Å². The molecule has 0 radical (unpaired) electrons. The van der Waals surface area contributed by atoms with E-state index in [1.807, 2.05) is 29.7 Å². The van der Waals surface area contributed by atoms with Crippen LogP contribution >= 0.6 is 12.2 Å². The Morgan fingerprint density at radius 1 is 1.42 bits per heavy atom. The van der Waals surface area contributed by atoms with E-state index in [1.54, 1.807) is 7.11 Å². The first-order chi connectivity index (χ1) is 9.02. The van der Waals surface area contributed by atoms with Crippen molar-refractivity contribution >= 4 is 12.2 Å². The summed E-state index contributed by atoms with van der Waals surface area (Å²) in [4.78, 5) is 0. The molecule has 0 atom stereocenters. The summed E-state index contributed by atoms with van der Waals surface area (Å²) in [6, 6.07) is 6.07. The fraction of sp³-hybridized carbons (Fsp3) is 0.429. The van der Waals surface area contributed by atoms with E-state index in [0.717, 1.165) is 29.2 Å². The normalized spacial score (nSPS) is 11.0. The van der Waals surface area contributed by atoms with Gasteiger partial charge in [-0.15, -0.1) is 0 Å². The quantitative estimate of drug-likeness (QED) is 0.869. The zero-order valence-corrected chi connectivity index (χ0v) is 12.5. The van der Waals surface area contributed by atoms with E-state index in [1.165, 1.54) is 0 Å². The summed E-state index contributed by atoms with van der Waals surface area (Å²) in [7, 11) is 1.68. The van der Waals surface area contributed by atoms with Gasteiger partial charge in [0.1, 0.15) is 5.75 Å². The second-order valence-electron chi connectivity index (χ2n) is 5.04. The van der Waals surface area contributed by atoms with Gasteiger partial charge in [-0.3, -0.25) is 9.67 Å². The summed E-state index contributed by atoms with van der Waals surface area (Å²) in [5, 5.41) is 7.20. The van der Waals surface area contributed by atoms with Gasteiger partial charge in [-0.1, -0.05) is 26.0 Å². The molecule has 0 fully saturated rings. The summed E-state index contributed by atoms with van der Waals surface area (Å²) in [6.45, 7) is 7.19. The maximum atomic E-state index is 5.36. The van der Waals surface area contributed by atoms with E-state index in [-0.39, 0.29) is 0 Å². The number of benzene rings is 1. The molecule has 0 saturated carbocycles. The van der Waals surface area contributed by atoms with Crippen molar-refractivity contribution < 1.29 is 4.74 Å². The smallest absolute Gasteiger partial charge is 0.195 e.